The van der Waals surface area contributed by atoms with Crippen molar-refractivity contribution in [3.05, 3.63) is 59.6 Å². The molecule has 1 N–H and O–H groups in total. The van der Waals surface area contributed by atoms with Crippen molar-refractivity contribution in [3.63, 3.8) is 0 Å². The van der Waals surface area contributed by atoms with Crippen LogP contribution in [0.2, 0.25) is 5.02 Å². The molecule has 0 radical (unpaired) electrons. The third-order valence-corrected chi connectivity index (χ3v) is 3.19. The van der Waals surface area contributed by atoms with E-state index in [1.807, 2.05) is 0 Å². The Morgan fingerprint density at radius 2 is 1.95 bits per heavy atom. The Morgan fingerprint density at radius 1 is 1.18 bits per heavy atom. The Morgan fingerprint density at radius 3 is 2.73 bits per heavy atom. The molecule has 7 heteroatoms. The van der Waals surface area contributed by atoms with Gasteiger partial charge in [-0.2, -0.15) is 4.98 Å². The Hall–Kier alpha value is -2.73. The molecular weight excluding hydrogens is 304 g/mol. The fourth-order valence-corrected chi connectivity index (χ4v) is 2.02. The van der Waals surface area contributed by atoms with Gasteiger partial charge in [-0.05, 0) is 24.3 Å². The molecule has 6 nitrogen and oxygen atoms in total. The molecule has 2 aromatic heterocycles. The highest BCUT2D eigenvalue weighted by Crippen LogP contribution is 2.21. The van der Waals surface area contributed by atoms with Crippen molar-refractivity contribution in [1.29, 1.82) is 0 Å². The first kappa shape index (κ1) is 14.2. The van der Waals surface area contributed by atoms with E-state index >= 15 is 0 Å². The van der Waals surface area contributed by atoms with Gasteiger partial charge in [0.15, 0.2) is 5.82 Å². The van der Waals surface area contributed by atoms with Crippen molar-refractivity contribution in [3.8, 4) is 11.5 Å². The fourth-order valence-electron chi connectivity index (χ4n) is 1.84. The number of hydrogen-bond acceptors (Lipinski definition) is 5. The summed E-state index contributed by atoms with van der Waals surface area (Å²) in [5.74, 6) is 0.384. The first-order valence-corrected chi connectivity index (χ1v) is 6.87. The minimum Gasteiger partial charge on any atom is -0.334 e. The SMILES string of the molecule is O=C(Cc1noc(-c2ccncc2)n1)Nc1ccccc1Cl. The van der Waals surface area contributed by atoms with Gasteiger partial charge in [-0.25, -0.2) is 0 Å². The van der Waals surface area contributed by atoms with Crippen LogP contribution in [0, 0.1) is 0 Å². The Labute approximate surface area is 131 Å². The van der Waals surface area contributed by atoms with Gasteiger partial charge >= 0.3 is 0 Å². The van der Waals surface area contributed by atoms with Crippen molar-refractivity contribution in [2.45, 2.75) is 6.42 Å². The topological polar surface area (TPSA) is 80.9 Å². The van der Waals surface area contributed by atoms with Crippen LogP contribution in [-0.2, 0) is 11.2 Å². The molecule has 3 aromatic rings. The van der Waals surface area contributed by atoms with E-state index in [1.54, 1.807) is 48.8 Å². The van der Waals surface area contributed by atoms with Gasteiger partial charge in [-0.1, -0.05) is 28.9 Å². The molecule has 0 aliphatic carbocycles. The van der Waals surface area contributed by atoms with Gasteiger partial charge in [0.05, 0.1) is 17.1 Å². The number of benzene rings is 1. The number of anilines is 1. The lowest BCUT2D eigenvalue weighted by Gasteiger charge is -2.04. The van der Waals surface area contributed by atoms with Crippen LogP contribution < -0.4 is 5.32 Å². The van der Waals surface area contributed by atoms with Gasteiger partial charge in [0.2, 0.25) is 5.91 Å². The van der Waals surface area contributed by atoms with Crippen molar-refractivity contribution in [1.82, 2.24) is 15.1 Å². The zero-order chi connectivity index (χ0) is 15.4. The monoisotopic (exact) mass is 314 g/mol. The lowest BCUT2D eigenvalue weighted by Crippen LogP contribution is -2.15. The van der Waals surface area contributed by atoms with E-state index in [4.69, 9.17) is 16.1 Å². The summed E-state index contributed by atoms with van der Waals surface area (Å²) in [7, 11) is 0. The average Bonchev–Trinajstić information content (AvgIpc) is 2.99. The second-order valence-corrected chi connectivity index (χ2v) is 4.86. The molecule has 2 heterocycles. The highest BCUT2D eigenvalue weighted by molar-refractivity contribution is 6.33. The summed E-state index contributed by atoms with van der Waals surface area (Å²) in [5, 5.41) is 6.97. The van der Waals surface area contributed by atoms with Crippen LogP contribution in [-0.4, -0.2) is 21.0 Å². The van der Waals surface area contributed by atoms with Gasteiger partial charge in [0.1, 0.15) is 0 Å². The first-order valence-electron chi connectivity index (χ1n) is 6.50. The number of halogens is 1. The molecule has 3 rings (SSSR count). The van der Waals surface area contributed by atoms with Gasteiger partial charge < -0.3 is 9.84 Å². The Balaban J connectivity index is 1.68. The van der Waals surface area contributed by atoms with Crippen LogP contribution in [0.15, 0.2) is 53.3 Å². The van der Waals surface area contributed by atoms with Gasteiger partial charge in [0.25, 0.3) is 5.89 Å². The number of amides is 1. The van der Waals surface area contributed by atoms with Crippen molar-refractivity contribution >= 4 is 23.2 Å². The molecule has 0 saturated heterocycles. The third kappa shape index (κ3) is 3.29. The van der Waals surface area contributed by atoms with E-state index in [-0.39, 0.29) is 12.3 Å². The average molecular weight is 315 g/mol. The highest BCUT2D eigenvalue weighted by Gasteiger charge is 2.13. The minimum atomic E-state index is -0.268. The molecule has 0 aliphatic rings. The van der Waals surface area contributed by atoms with Crippen molar-refractivity contribution in [2.75, 3.05) is 5.32 Å². The number of para-hydroxylation sites is 1. The number of nitrogens with zero attached hydrogens (tertiary/aromatic N) is 3. The standard InChI is InChI=1S/C15H11ClN4O2/c16-11-3-1-2-4-12(11)18-14(21)9-13-19-15(22-20-13)10-5-7-17-8-6-10/h1-8H,9H2,(H,18,21). The normalized spacial score (nSPS) is 10.4. The highest BCUT2D eigenvalue weighted by atomic mass is 35.5. The summed E-state index contributed by atoms with van der Waals surface area (Å²) in [6, 6.07) is 10.5. The van der Waals surface area contributed by atoms with Crippen molar-refractivity contribution < 1.29 is 9.32 Å². The smallest absolute Gasteiger partial charge is 0.258 e. The summed E-state index contributed by atoms with van der Waals surface area (Å²) in [5.41, 5.74) is 1.30. The molecule has 22 heavy (non-hydrogen) atoms. The van der Waals surface area contributed by atoms with Crippen LogP contribution in [0.1, 0.15) is 5.82 Å². The maximum atomic E-state index is 12.0. The number of hydrogen-bond donors (Lipinski definition) is 1. The zero-order valence-electron chi connectivity index (χ0n) is 11.4. The molecule has 0 atom stereocenters. The van der Waals surface area contributed by atoms with Crippen LogP contribution >= 0.6 is 11.6 Å². The van der Waals surface area contributed by atoms with E-state index in [1.165, 1.54) is 0 Å². The number of carbonyl (C=O) groups is 1. The lowest BCUT2D eigenvalue weighted by molar-refractivity contribution is -0.115. The largest absolute Gasteiger partial charge is 0.334 e. The molecule has 0 bridgehead atoms. The summed E-state index contributed by atoms with van der Waals surface area (Å²) < 4.78 is 5.13. The maximum Gasteiger partial charge on any atom is 0.258 e. The van der Waals surface area contributed by atoms with E-state index in [0.29, 0.717) is 22.4 Å². The molecular formula is C15H11ClN4O2. The number of pyridine rings is 1. The van der Waals surface area contributed by atoms with Crippen molar-refractivity contribution in [2.24, 2.45) is 0 Å². The summed E-state index contributed by atoms with van der Waals surface area (Å²) in [6.45, 7) is 0. The predicted octanol–water partition coefficient (Wildman–Crippen LogP) is 2.97. The molecule has 1 aromatic carbocycles. The Bertz CT molecular complexity index is 789. The number of carbonyl (C=O) groups excluding carboxylic acids is 1. The van der Waals surface area contributed by atoms with E-state index in [2.05, 4.69) is 20.4 Å². The summed E-state index contributed by atoms with van der Waals surface area (Å²) >= 11 is 5.99. The van der Waals surface area contributed by atoms with Crippen LogP contribution in [0.3, 0.4) is 0 Å². The summed E-state index contributed by atoms with van der Waals surface area (Å²) in [6.07, 6.45) is 3.26. The van der Waals surface area contributed by atoms with Crippen LogP contribution in [0.25, 0.3) is 11.5 Å². The molecule has 0 unspecified atom stereocenters. The van der Waals surface area contributed by atoms with Crippen LogP contribution in [0.4, 0.5) is 5.69 Å². The first-order chi connectivity index (χ1) is 10.7. The second-order valence-electron chi connectivity index (χ2n) is 4.46. The zero-order valence-corrected chi connectivity index (χ0v) is 12.1. The van der Waals surface area contributed by atoms with Gasteiger partial charge in [-0.15, -0.1) is 0 Å². The predicted molar refractivity (Wildman–Crippen MR) is 81.3 cm³/mol. The van der Waals surface area contributed by atoms with Crippen LogP contribution in [0.5, 0.6) is 0 Å². The molecule has 110 valence electrons. The molecule has 0 spiro atoms. The second kappa shape index (κ2) is 6.36. The van der Waals surface area contributed by atoms with E-state index in [0.717, 1.165) is 5.56 Å². The number of aromatic nitrogens is 3. The molecule has 0 saturated carbocycles. The van der Waals surface area contributed by atoms with E-state index < -0.39 is 0 Å². The molecule has 0 aliphatic heterocycles. The lowest BCUT2D eigenvalue weighted by atomic mass is 10.3. The van der Waals surface area contributed by atoms with E-state index in [9.17, 15) is 4.79 Å². The number of nitrogens with one attached hydrogen (secondary N) is 1. The third-order valence-electron chi connectivity index (χ3n) is 2.86. The van der Waals surface area contributed by atoms with Gasteiger partial charge in [0, 0.05) is 18.0 Å². The quantitative estimate of drug-likeness (QED) is 0.800. The minimum absolute atomic E-state index is 0.000192. The summed E-state index contributed by atoms with van der Waals surface area (Å²) in [4.78, 5) is 20.1. The fraction of sp³-hybridized carbons (Fsp3) is 0.0667. The molecule has 0 fully saturated rings. The van der Waals surface area contributed by atoms with Gasteiger partial charge in [-0.3, -0.25) is 9.78 Å². The maximum absolute atomic E-state index is 12.0. The molecule has 1 amide bonds. The number of rotatable bonds is 4. The Kier molecular flexibility index (Phi) is 4.11.